The Bertz CT molecular complexity index is 700. The topological polar surface area (TPSA) is 43.0 Å². The van der Waals surface area contributed by atoms with Crippen LogP contribution >= 0.6 is 0 Å². The van der Waals surface area contributed by atoms with Crippen molar-refractivity contribution in [3.63, 3.8) is 0 Å². The highest BCUT2D eigenvalue weighted by Crippen LogP contribution is 2.18. The summed E-state index contributed by atoms with van der Waals surface area (Å²) < 4.78 is 7.73. The van der Waals surface area contributed by atoms with Gasteiger partial charge in [0.05, 0.1) is 29.9 Å². The third kappa shape index (κ3) is 2.85. The van der Waals surface area contributed by atoms with E-state index in [-0.39, 0.29) is 6.04 Å². The second kappa shape index (κ2) is 6.14. The van der Waals surface area contributed by atoms with Crippen LogP contribution in [-0.4, -0.2) is 9.55 Å². The third-order valence-corrected chi connectivity index (χ3v) is 3.72. The molecule has 2 aromatic heterocycles. The molecule has 21 heavy (non-hydrogen) atoms. The Hall–Kier alpha value is -2.07. The Balaban J connectivity index is 1.81. The predicted octanol–water partition coefficient (Wildman–Crippen LogP) is 3.89. The van der Waals surface area contributed by atoms with Crippen molar-refractivity contribution in [3.05, 3.63) is 54.2 Å². The zero-order chi connectivity index (χ0) is 14.7. The van der Waals surface area contributed by atoms with E-state index in [0.717, 1.165) is 36.6 Å². The minimum absolute atomic E-state index is 0.176. The molecule has 0 saturated carbocycles. The predicted molar refractivity (Wildman–Crippen MR) is 84.0 cm³/mol. The number of aromatic nitrogens is 2. The number of rotatable bonds is 6. The fourth-order valence-corrected chi connectivity index (χ4v) is 2.62. The Morgan fingerprint density at radius 3 is 2.86 bits per heavy atom. The van der Waals surface area contributed by atoms with Gasteiger partial charge in [-0.25, -0.2) is 4.98 Å². The van der Waals surface area contributed by atoms with E-state index in [4.69, 9.17) is 9.40 Å². The van der Waals surface area contributed by atoms with Gasteiger partial charge in [0.1, 0.15) is 11.6 Å². The van der Waals surface area contributed by atoms with E-state index in [1.807, 2.05) is 18.2 Å². The second-order valence-electron chi connectivity index (χ2n) is 5.29. The van der Waals surface area contributed by atoms with E-state index in [0.29, 0.717) is 0 Å². The van der Waals surface area contributed by atoms with E-state index >= 15 is 0 Å². The summed E-state index contributed by atoms with van der Waals surface area (Å²) >= 11 is 0. The maximum absolute atomic E-state index is 5.43. The number of imidazole rings is 1. The first-order valence-corrected chi connectivity index (χ1v) is 7.50. The fourth-order valence-electron chi connectivity index (χ4n) is 2.62. The van der Waals surface area contributed by atoms with Crippen LogP contribution in [0.3, 0.4) is 0 Å². The molecular weight excluding hydrogens is 262 g/mol. The monoisotopic (exact) mass is 283 g/mol. The molecule has 0 aliphatic rings. The molecule has 1 unspecified atom stereocenters. The van der Waals surface area contributed by atoms with E-state index in [2.05, 4.69) is 41.9 Å². The van der Waals surface area contributed by atoms with Crippen molar-refractivity contribution < 1.29 is 4.42 Å². The first-order valence-electron chi connectivity index (χ1n) is 7.50. The van der Waals surface area contributed by atoms with Gasteiger partial charge in [0.15, 0.2) is 0 Å². The van der Waals surface area contributed by atoms with Gasteiger partial charge in [0.2, 0.25) is 0 Å². The average molecular weight is 283 g/mol. The molecule has 0 aliphatic heterocycles. The second-order valence-corrected chi connectivity index (χ2v) is 5.29. The minimum Gasteiger partial charge on any atom is -0.468 e. The molecule has 0 saturated heterocycles. The number of furan rings is 1. The summed E-state index contributed by atoms with van der Waals surface area (Å²) in [4.78, 5) is 4.75. The van der Waals surface area contributed by atoms with E-state index in [1.165, 1.54) is 5.52 Å². The molecule has 3 rings (SSSR count). The Labute approximate surface area is 124 Å². The van der Waals surface area contributed by atoms with E-state index in [9.17, 15) is 0 Å². The lowest BCUT2D eigenvalue weighted by Crippen LogP contribution is -2.20. The third-order valence-electron chi connectivity index (χ3n) is 3.72. The number of nitrogens with zero attached hydrogens (tertiary/aromatic N) is 2. The molecule has 0 bridgehead atoms. The van der Waals surface area contributed by atoms with Crippen molar-refractivity contribution in [1.82, 2.24) is 14.9 Å². The lowest BCUT2D eigenvalue weighted by atomic mass is 10.2. The molecule has 110 valence electrons. The highest BCUT2D eigenvalue weighted by molar-refractivity contribution is 5.75. The molecule has 3 aromatic rings. The highest BCUT2D eigenvalue weighted by atomic mass is 16.3. The molecule has 0 fully saturated rings. The molecule has 0 amide bonds. The normalized spacial score (nSPS) is 12.9. The standard InChI is InChI=1S/C17H21N3O/c1-3-10-20-15-8-5-4-7-14(15)19-17(20)12-18-13(2)16-9-6-11-21-16/h4-9,11,13,18H,3,10,12H2,1-2H3. The van der Waals surface area contributed by atoms with Crippen molar-refractivity contribution in [2.45, 2.75) is 39.4 Å². The summed E-state index contributed by atoms with van der Waals surface area (Å²) in [5, 5.41) is 3.48. The zero-order valence-corrected chi connectivity index (χ0v) is 12.5. The molecule has 0 radical (unpaired) electrons. The van der Waals surface area contributed by atoms with Gasteiger partial charge < -0.3 is 14.3 Å². The SMILES string of the molecule is CCCn1c(CNC(C)c2ccco2)nc2ccccc21. The van der Waals surface area contributed by atoms with Crippen LogP contribution in [0, 0.1) is 0 Å². The summed E-state index contributed by atoms with van der Waals surface area (Å²) in [6.45, 7) is 6.02. The van der Waals surface area contributed by atoms with Crippen molar-refractivity contribution in [2.24, 2.45) is 0 Å². The lowest BCUT2D eigenvalue weighted by Gasteiger charge is -2.12. The van der Waals surface area contributed by atoms with Gasteiger partial charge in [0, 0.05) is 6.54 Å². The smallest absolute Gasteiger partial charge is 0.123 e. The number of nitrogens with one attached hydrogen (secondary N) is 1. The zero-order valence-electron chi connectivity index (χ0n) is 12.5. The number of fused-ring (bicyclic) bond motifs is 1. The Morgan fingerprint density at radius 2 is 2.10 bits per heavy atom. The summed E-state index contributed by atoms with van der Waals surface area (Å²) in [5.41, 5.74) is 2.27. The lowest BCUT2D eigenvalue weighted by molar-refractivity contribution is 0.423. The Morgan fingerprint density at radius 1 is 1.24 bits per heavy atom. The molecular formula is C17H21N3O. The number of hydrogen-bond donors (Lipinski definition) is 1. The van der Waals surface area contributed by atoms with Crippen molar-refractivity contribution in [2.75, 3.05) is 0 Å². The molecule has 4 nitrogen and oxygen atoms in total. The van der Waals surface area contributed by atoms with Crippen LogP contribution in [0.5, 0.6) is 0 Å². The van der Waals surface area contributed by atoms with Gasteiger partial charge in [-0.2, -0.15) is 0 Å². The molecule has 2 heterocycles. The van der Waals surface area contributed by atoms with Crippen LogP contribution in [0.15, 0.2) is 47.1 Å². The molecule has 1 aromatic carbocycles. The molecule has 4 heteroatoms. The van der Waals surface area contributed by atoms with Crippen molar-refractivity contribution >= 4 is 11.0 Å². The van der Waals surface area contributed by atoms with Crippen LogP contribution in [0.1, 0.15) is 37.9 Å². The fraction of sp³-hybridized carbons (Fsp3) is 0.353. The number of benzene rings is 1. The summed E-state index contributed by atoms with van der Waals surface area (Å²) in [6.07, 6.45) is 2.81. The summed E-state index contributed by atoms with van der Waals surface area (Å²) in [7, 11) is 0. The number of para-hydroxylation sites is 2. The number of hydrogen-bond acceptors (Lipinski definition) is 3. The van der Waals surface area contributed by atoms with Crippen LogP contribution in [0.25, 0.3) is 11.0 Å². The largest absolute Gasteiger partial charge is 0.468 e. The Kier molecular flexibility index (Phi) is 4.06. The first kappa shape index (κ1) is 13.9. The van der Waals surface area contributed by atoms with Crippen molar-refractivity contribution in [3.8, 4) is 0 Å². The maximum Gasteiger partial charge on any atom is 0.123 e. The van der Waals surface area contributed by atoms with Gasteiger partial charge in [-0.1, -0.05) is 19.1 Å². The minimum atomic E-state index is 0.176. The molecule has 0 aliphatic carbocycles. The van der Waals surface area contributed by atoms with E-state index < -0.39 is 0 Å². The van der Waals surface area contributed by atoms with Crippen molar-refractivity contribution in [1.29, 1.82) is 0 Å². The van der Waals surface area contributed by atoms with Crippen LogP contribution in [0.2, 0.25) is 0 Å². The summed E-state index contributed by atoms with van der Waals surface area (Å²) in [6, 6.07) is 12.4. The van der Waals surface area contributed by atoms with Crippen LogP contribution < -0.4 is 5.32 Å². The van der Waals surface area contributed by atoms with E-state index in [1.54, 1.807) is 6.26 Å². The molecule has 1 atom stereocenters. The van der Waals surface area contributed by atoms with Gasteiger partial charge in [-0.05, 0) is 37.6 Å². The quantitative estimate of drug-likeness (QED) is 0.746. The highest BCUT2D eigenvalue weighted by Gasteiger charge is 2.12. The van der Waals surface area contributed by atoms with Gasteiger partial charge in [0.25, 0.3) is 0 Å². The maximum atomic E-state index is 5.43. The van der Waals surface area contributed by atoms with Gasteiger partial charge in [-0.3, -0.25) is 0 Å². The molecule has 1 N–H and O–H groups in total. The number of aryl methyl sites for hydroxylation is 1. The van der Waals surface area contributed by atoms with Gasteiger partial charge >= 0.3 is 0 Å². The van der Waals surface area contributed by atoms with Crippen LogP contribution in [-0.2, 0) is 13.1 Å². The average Bonchev–Trinajstić information content (AvgIpc) is 3.14. The summed E-state index contributed by atoms with van der Waals surface area (Å²) in [5.74, 6) is 2.03. The first-order chi connectivity index (χ1) is 10.3. The molecule has 0 spiro atoms. The van der Waals surface area contributed by atoms with Gasteiger partial charge in [-0.15, -0.1) is 0 Å². The van der Waals surface area contributed by atoms with Crippen LogP contribution in [0.4, 0.5) is 0 Å².